The Morgan fingerprint density at radius 2 is 2.00 bits per heavy atom. The number of carbonyl (C=O) groups excluding carboxylic acids is 1. The second-order valence-electron chi connectivity index (χ2n) is 7.37. The average molecular weight is 296 g/mol. The lowest BCUT2D eigenvalue weighted by atomic mass is 9.86. The number of rotatable bonds is 6. The molecule has 0 radical (unpaired) electrons. The molecular formula is C17H32N2O2. The van der Waals surface area contributed by atoms with Crippen LogP contribution in [-0.4, -0.2) is 48.7 Å². The highest BCUT2D eigenvalue weighted by atomic mass is 16.5. The van der Waals surface area contributed by atoms with Gasteiger partial charge in [-0.3, -0.25) is 10.2 Å². The minimum absolute atomic E-state index is 0.0795. The third-order valence-corrected chi connectivity index (χ3v) is 5.33. The van der Waals surface area contributed by atoms with Crippen LogP contribution in [0.1, 0.15) is 53.4 Å². The Balaban J connectivity index is 2.20. The van der Waals surface area contributed by atoms with E-state index in [1.54, 1.807) is 0 Å². The lowest BCUT2D eigenvalue weighted by molar-refractivity contribution is -0.152. The van der Waals surface area contributed by atoms with Gasteiger partial charge in [0.05, 0.1) is 7.11 Å². The zero-order chi connectivity index (χ0) is 15.6. The van der Waals surface area contributed by atoms with Gasteiger partial charge in [-0.25, -0.2) is 4.79 Å². The number of hydrogen-bond acceptors (Lipinski definition) is 4. The summed E-state index contributed by atoms with van der Waals surface area (Å²) in [5.74, 6) is 1.05. The number of nitrogens with one attached hydrogen (secondary N) is 1. The molecule has 1 heterocycles. The van der Waals surface area contributed by atoms with Gasteiger partial charge in [0.25, 0.3) is 0 Å². The Bertz CT molecular complexity index is 368. The molecule has 0 amide bonds. The van der Waals surface area contributed by atoms with Crippen LogP contribution >= 0.6 is 0 Å². The van der Waals surface area contributed by atoms with Crippen molar-refractivity contribution < 1.29 is 9.53 Å². The lowest BCUT2D eigenvalue weighted by Crippen LogP contribution is -2.64. The van der Waals surface area contributed by atoms with Crippen molar-refractivity contribution in [2.75, 3.05) is 20.2 Å². The van der Waals surface area contributed by atoms with Gasteiger partial charge in [0.1, 0.15) is 5.54 Å². The van der Waals surface area contributed by atoms with Crippen molar-refractivity contribution in [1.29, 1.82) is 0 Å². The van der Waals surface area contributed by atoms with Crippen molar-refractivity contribution in [2.45, 2.75) is 71.0 Å². The molecule has 3 unspecified atom stereocenters. The van der Waals surface area contributed by atoms with Gasteiger partial charge in [-0.1, -0.05) is 6.92 Å². The van der Waals surface area contributed by atoms with Crippen LogP contribution < -0.4 is 5.32 Å². The van der Waals surface area contributed by atoms with Gasteiger partial charge >= 0.3 is 5.97 Å². The van der Waals surface area contributed by atoms with E-state index in [0.717, 1.165) is 25.9 Å². The van der Waals surface area contributed by atoms with E-state index in [1.807, 2.05) is 0 Å². The van der Waals surface area contributed by atoms with Gasteiger partial charge in [0.15, 0.2) is 0 Å². The Labute approximate surface area is 129 Å². The molecule has 0 aromatic heterocycles. The molecule has 2 fully saturated rings. The quantitative estimate of drug-likeness (QED) is 0.764. The van der Waals surface area contributed by atoms with Crippen LogP contribution in [0.4, 0.5) is 0 Å². The molecule has 3 atom stereocenters. The number of likely N-dealkylation sites (tertiary alicyclic amines) is 1. The summed E-state index contributed by atoms with van der Waals surface area (Å²) in [6, 6.07) is 0.817. The van der Waals surface area contributed by atoms with Crippen LogP contribution in [0.25, 0.3) is 0 Å². The molecule has 1 aliphatic heterocycles. The minimum Gasteiger partial charge on any atom is -0.468 e. The summed E-state index contributed by atoms with van der Waals surface area (Å²) in [6.07, 6.45) is 4.79. The molecule has 1 saturated carbocycles. The van der Waals surface area contributed by atoms with E-state index in [-0.39, 0.29) is 12.0 Å². The number of esters is 1. The van der Waals surface area contributed by atoms with Crippen molar-refractivity contribution in [3.8, 4) is 0 Å². The maximum atomic E-state index is 12.6. The Morgan fingerprint density at radius 1 is 1.33 bits per heavy atom. The SMILES string of the molecule is COC(=O)C(CN1CCCC(C)C1C)(NC(C)C)C1CC1. The normalized spacial score (nSPS) is 30.2. The van der Waals surface area contributed by atoms with Gasteiger partial charge in [-0.15, -0.1) is 0 Å². The first-order valence-electron chi connectivity index (χ1n) is 8.51. The monoisotopic (exact) mass is 296 g/mol. The van der Waals surface area contributed by atoms with E-state index in [9.17, 15) is 4.79 Å². The van der Waals surface area contributed by atoms with Crippen molar-refractivity contribution in [2.24, 2.45) is 11.8 Å². The maximum Gasteiger partial charge on any atom is 0.327 e. The van der Waals surface area contributed by atoms with Crippen LogP contribution in [0.5, 0.6) is 0 Å². The van der Waals surface area contributed by atoms with Crippen molar-refractivity contribution >= 4 is 5.97 Å². The summed E-state index contributed by atoms with van der Waals surface area (Å²) >= 11 is 0. The molecule has 1 saturated heterocycles. The second kappa shape index (κ2) is 6.66. The van der Waals surface area contributed by atoms with E-state index in [1.165, 1.54) is 20.0 Å². The molecule has 1 N–H and O–H groups in total. The summed E-state index contributed by atoms with van der Waals surface area (Å²) in [6.45, 7) is 10.7. The number of nitrogens with zero attached hydrogens (tertiary/aromatic N) is 1. The predicted molar refractivity (Wildman–Crippen MR) is 85.2 cm³/mol. The van der Waals surface area contributed by atoms with Crippen LogP contribution in [0.3, 0.4) is 0 Å². The van der Waals surface area contributed by atoms with E-state index in [0.29, 0.717) is 17.9 Å². The lowest BCUT2D eigenvalue weighted by Gasteiger charge is -2.44. The number of piperidine rings is 1. The molecular weight excluding hydrogens is 264 g/mol. The smallest absolute Gasteiger partial charge is 0.327 e. The molecule has 0 bridgehead atoms. The minimum atomic E-state index is -0.520. The van der Waals surface area contributed by atoms with Gasteiger partial charge in [0, 0.05) is 18.6 Å². The summed E-state index contributed by atoms with van der Waals surface area (Å²) in [4.78, 5) is 15.1. The van der Waals surface area contributed by atoms with Gasteiger partial charge in [-0.05, 0) is 64.8 Å². The fourth-order valence-electron chi connectivity index (χ4n) is 3.82. The first-order chi connectivity index (χ1) is 9.90. The Hall–Kier alpha value is -0.610. The second-order valence-corrected chi connectivity index (χ2v) is 7.37. The molecule has 2 aliphatic rings. The van der Waals surface area contributed by atoms with Crippen LogP contribution in [-0.2, 0) is 9.53 Å². The summed E-state index contributed by atoms with van der Waals surface area (Å²) in [5.41, 5.74) is -0.520. The first kappa shape index (κ1) is 16.8. The molecule has 0 aromatic rings. The zero-order valence-electron chi connectivity index (χ0n) is 14.3. The van der Waals surface area contributed by atoms with Crippen LogP contribution in [0.2, 0.25) is 0 Å². The van der Waals surface area contributed by atoms with Gasteiger partial charge < -0.3 is 4.74 Å². The maximum absolute atomic E-state index is 12.6. The molecule has 0 spiro atoms. The third kappa shape index (κ3) is 3.59. The molecule has 2 rings (SSSR count). The predicted octanol–water partition coefficient (Wildman–Crippen LogP) is 2.43. The number of carbonyl (C=O) groups is 1. The molecule has 1 aliphatic carbocycles. The molecule has 21 heavy (non-hydrogen) atoms. The fraction of sp³-hybridized carbons (Fsp3) is 0.941. The number of ether oxygens (including phenoxy) is 1. The highest BCUT2D eigenvalue weighted by molar-refractivity contribution is 5.82. The van der Waals surface area contributed by atoms with E-state index in [4.69, 9.17) is 4.74 Å². The van der Waals surface area contributed by atoms with E-state index < -0.39 is 5.54 Å². The fourth-order valence-corrected chi connectivity index (χ4v) is 3.82. The highest BCUT2D eigenvalue weighted by Crippen LogP contribution is 2.42. The molecule has 0 aromatic carbocycles. The summed E-state index contributed by atoms with van der Waals surface area (Å²) in [5, 5.41) is 3.57. The third-order valence-electron chi connectivity index (χ3n) is 5.33. The van der Waals surface area contributed by atoms with Crippen LogP contribution in [0, 0.1) is 11.8 Å². The van der Waals surface area contributed by atoms with Gasteiger partial charge in [0.2, 0.25) is 0 Å². The summed E-state index contributed by atoms with van der Waals surface area (Å²) in [7, 11) is 1.52. The largest absolute Gasteiger partial charge is 0.468 e. The standard InChI is InChI=1S/C17H32N2O2/c1-12(2)18-17(15-8-9-15,16(20)21-5)11-19-10-6-7-13(3)14(19)4/h12-15,18H,6-11H2,1-5H3. The van der Waals surface area contributed by atoms with Crippen molar-refractivity contribution in [1.82, 2.24) is 10.2 Å². The Kier molecular flexibility index (Phi) is 5.31. The number of methoxy groups -OCH3 is 1. The summed E-state index contributed by atoms with van der Waals surface area (Å²) < 4.78 is 5.19. The topological polar surface area (TPSA) is 41.6 Å². The van der Waals surface area contributed by atoms with Gasteiger partial charge in [-0.2, -0.15) is 0 Å². The van der Waals surface area contributed by atoms with E-state index in [2.05, 4.69) is 37.9 Å². The molecule has 4 heteroatoms. The zero-order valence-corrected chi connectivity index (χ0v) is 14.3. The highest BCUT2D eigenvalue weighted by Gasteiger charge is 2.53. The van der Waals surface area contributed by atoms with Crippen molar-refractivity contribution in [3.63, 3.8) is 0 Å². The number of hydrogen-bond donors (Lipinski definition) is 1. The van der Waals surface area contributed by atoms with Crippen LogP contribution in [0.15, 0.2) is 0 Å². The van der Waals surface area contributed by atoms with E-state index >= 15 is 0 Å². The van der Waals surface area contributed by atoms with Crippen molar-refractivity contribution in [3.05, 3.63) is 0 Å². The molecule has 122 valence electrons. The average Bonchev–Trinajstić information content (AvgIpc) is 3.26. The molecule has 4 nitrogen and oxygen atoms in total. The first-order valence-corrected chi connectivity index (χ1v) is 8.51. The Morgan fingerprint density at radius 3 is 2.52 bits per heavy atom.